The van der Waals surface area contributed by atoms with Gasteiger partial charge < -0.3 is 15.0 Å². The maximum Gasteiger partial charge on any atom is 0.226 e. The van der Waals surface area contributed by atoms with Crippen LogP contribution >= 0.6 is 0 Å². The van der Waals surface area contributed by atoms with Crippen molar-refractivity contribution in [2.24, 2.45) is 5.92 Å². The molecule has 0 saturated carbocycles. The number of piperidine rings is 1. The van der Waals surface area contributed by atoms with E-state index in [1.807, 2.05) is 31.3 Å². The first kappa shape index (κ1) is 14.9. The molecular weight excluding hydrogens is 252 g/mol. The fourth-order valence-corrected chi connectivity index (χ4v) is 2.62. The van der Waals surface area contributed by atoms with E-state index in [9.17, 15) is 4.79 Å². The van der Waals surface area contributed by atoms with Gasteiger partial charge in [-0.1, -0.05) is 0 Å². The van der Waals surface area contributed by atoms with Gasteiger partial charge in [0.25, 0.3) is 0 Å². The van der Waals surface area contributed by atoms with Crippen LogP contribution in [0.25, 0.3) is 0 Å². The van der Waals surface area contributed by atoms with Crippen molar-refractivity contribution in [3.8, 4) is 5.75 Å². The third kappa shape index (κ3) is 3.97. The number of carbonyl (C=O) groups excluding carboxylic acids is 1. The largest absolute Gasteiger partial charge is 0.497 e. The van der Waals surface area contributed by atoms with Crippen LogP contribution in [0.15, 0.2) is 24.3 Å². The number of hydrogen-bond acceptors (Lipinski definition) is 3. The molecule has 0 aromatic heterocycles. The fraction of sp³-hybridized carbons (Fsp3) is 0.562. The summed E-state index contributed by atoms with van der Waals surface area (Å²) in [7, 11) is 3.48. The number of nitrogens with one attached hydrogen (secondary N) is 1. The molecular formula is C16H24N2O2. The SMILES string of the molecule is COc1ccc(N(C)C(=O)CCC2CCNCC2)cc1. The molecule has 1 aromatic rings. The van der Waals surface area contributed by atoms with Crippen molar-refractivity contribution in [3.63, 3.8) is 0 Å². The van der Waals surface area contributed by atoms with Crippen molar-refractivity contribution < 1.29 is 9.53 Å². The Morgan fingerprint density at radius 1 is 1.30 bits per heavy atom. The molecule has 4 nitrogen and oxygen atoms in total. The summed E-state index contributed by atoms with van der Waals surface area (Å²) in [6.45, 7) is 2.18. The Hall–Kier alpha value is -1.55. The van der Waals surface area contributed by atoms with Crippen LogP contribution < -0.4 is 15.0 Å². The van der Waals surface area contributed by atoms with Gasteiger partial charge in [-0.2, -0.15) is 0 Å². The summed E-state index contributed by atoms with van der Waals surface area (Å²) in [5.74, 6) is 1.70. The lowest BCUT2D eigenvalue weighted by molar-refractivity contribution is -0.118. The van der Waals surface area contributed by atoms with Crippen molar-refractivity contribution in [2.45, 2.75) is 25.7 Å². The van der Waals surface area contributed by atoms with Crippen molar-refractivity contribution >= 4 is 11.6 Å². The van der Waals surface area contributed by atoms with E-state index in [-0.39, 0.29) is 5.91 Å². The lowest BCUT2D eigenvalue weighted by Gasteiger charge is -2.23. The topological polar surface area (TPSA) is 41.6 Å². The molecule has 1 fully saturated rings. The molecule has 2 rings (SSSR count). The Morgan fingerprint density at radius 3 is 2.55 bits per heavy atom. The maximum absolute atomic E-state index is 12.2. The van der Waals surface area contributed by atoms with Crippen molar-refractivity contribution in [2.75, 3.05) is 32.1 Å². The van der Waals surface area contributed by atoms with Crippen LogP contribution in [-0.4, -0.2) is 33.2 Å². The second-order valence-corrected chi connectivity index (χ2v) is 5.38. The van der Waals surface area contributed by atoms with Gasteiger partial charge in [0, 0.05) is 19.2 Å². The summed E-state index contributed by atoms with van der Waals surface area (Å²) < 4.78 is 5.13. The molecule has 0 spiro atoms. The highest BCUT2D eigenvalue weighted by Crippen LogP contribution is 2.21. The van der Waals surface area contributed by atoms with Gasteiger partial charge in [0.2, 0.25) is 5.91 Å². The normalized spacial score (nSPS) is 15.9. The first-order valence-corrected chi connectivity index (χ1v) is 7.32. The minimum absolute atomic E-state index is 0.189. The van der Waals surface area contributed by atoms with Crippen molar-refractivity contribution in [1.82, 2.24) is 5.32 Å². The van der Waals surface area contributed by atoms with E-state index in [0.29, 0.717) is 12.3 Å². The van der Waals surface area contributed by atoms with Crippen LogP contribution in [0.3, 0.4) is 0 Å². The second-order valence-electron chi connectivity index (χ2n) is 5.38. The van der Waals surface area contributed by atoms with E-state index in [4.69, 9.17) is 4.74 Å². The minimum Gasteiger partial charge on any atom is -0.497 e. The van der Waals surface area contributed by atoms with Crippen LogP contribution in [0.1, 0.15) is 25.7 Å². The first-order valence-electron chi connectivity index (χ1n) is 7.32. The molecule has 1 heterocycles. The standard InChI is InChI=1S/C16H24N2O2/c1-18(14-4-6-15(20-2)7-5-14)16(19)8-3-13-9-11-17-12-10-13/h4-7,13,17H,3,8-12H2,1-2H3. The van der Waals surface area contributed by atoms with Gasteiger partial charge >= 0.3 is 0 Å². The van der Waals surface area contributed by atoms with Crippen LogP contribution in [-0.2, 0) is 4.79 Å². The average Bonchev–Trinajstić information content (AvgIpc) is 2.53. The quantitative estimate of drug-likeness (QED) is 0.898. The molecule has 0 radical (unpaired) electrons. The molecule has 0 atom stereocenters. The lowest BCUT2D eigenvalue weighted by atomic mass is 9.93. The highest BCUT2D eigenvalue weighted by molar-refractivity contribution is 5.92. The van der Waals surface area contributed by atoms with Gasteiger partial charge in [0.1, 0.15) is 5.75 Å². The summed E-state index contributed by atoms with van der Waals surface area (Å²) in [5, 5.41) is 3.35. The number of amides is 1. The Bertz CT molecular complexity index is 425. The van der Waals surface area contributed by atoms with E-state index >= 15 is 0 Å². The zero-order valence-electron chi connectivity index (χ0n) is 12.4. The third-order valence-electron chi connectivity index (χ3n) is 4.06. The first-order chi connectivity index (χ1) is 9.70. The van der Waals surface area contributed by atoms with Crippen LogP contribution in [0, 0.1) is 5.92 Å². The van der Waals surface area contributed by atoms with E-state index in [1.165, 1.54) is 12.8 Å². The number of anilines is 1. The zero-order chi connectivity index (χ0) is 14.4. The molecule has 0 aliphatic carbocycles. The van der Waals surface area contributed by atoms with Crippen LogP contribution in [0.2, 0.25) is 0 Å². The second kappa shape index (κ2) is 7.29. The number of methoxy groups -OCH3 is 1. The molecule has 1 aliphatic heterocycles. The maximum atomic E-state index is 12.2. The number of rotatable bonds is 5. The number of hydrogen-bond donors (Lipinski definition) is 1. The van der Waals surface area contributed by atoms with Crippen molar-refractivity contribution in [3.05, 3.63) is 24.3 Å². The monoisotopic (exact) mass is 276 g/mol. The molecule has 20 heavy (non-hydrogen) atoms. The third-order valence-corrected chi connectivity index (χ3v) is 4.06. The highest BCUT2D eigenvalue weighted by atomic mass is 16.5. The molecule has 1 aromatic carbocycles. The van der Waals surface area contributed by atoms with Gasteiger partial charge in [-0.25, -0.2) is 0 Å². The summed E-state index contributed by atoms with van der Waals surface area (Å²) >= 11 is 0. The molecule has 1 saturated heterocycles. The summed E-state index contributed by atoms with van der Waals surface area (Å²) in [5.41, 5.74) is 0.918. The number of nitrogens with zero attached hydrogens (tertiary/aromatic N) is 1. The van der Waals surface area contributed by atoms with Gasteiger partial charge in [0.15, 0.2) is 0 Å². The molecule has 110 valence electrons. The summed E-state index contributed by atoms with van der Waals surface area (Å²) in [6.07, 6.45) is 4.02. The molecule has 0 unspecified atom stereocenters. The van der Waals surface area contributed by atoms with Crippen LogP contribution in [0.4, 0.5) is 5.69 Å². The number of benzene rings is 1. The van der Waals surface area contributed by atoms with Gasteiger partial charge in [-0.15, -0.1) is 0 Å². The van der Waals surface area contributed by atoms with Gasteiger partial charge in [-0.05, 0) is 62.5 Å². The van der Waals surface area contributed by atoms with Gasteiger partial charge in [0.05, 0.1) is 7.11 Å². The summed E-state index contributed by atoms with van der Waals surface area (Å²) in [4.78, 5) is 14.0. The Morgan fingerprint density at radius 2 is 1.95 bits per heavy atom. The van der Waals surface area contributed by atoms with E-state index in [0.717, 1.165) is 30.9 Å². The smallest absolute Gasteiger partial charge is 0.226 e. The Labute approximate surface area is 121 Å². The predicted molar refractivity (Wildman–Crippen MR) is 81.2 cm³/mol. The van der Waals surface area contributed by atoms with Crippen LogP contribution in [0.5, 0.6) is 5.75 Å². The predicted octanol–water partition coefficient (Wildman–Crippen LogP) is 2.44. The van der Waals surface area contributed by atoms with E-state index in [1.54, 1.807) is 12.0 Å². The Kier molecular flexibility index (Phi) is 5.41. The fourth-order valence-electron chi connectivity index (χ4n) is 2.62. The molecule has 1 N–H and O–H groups in total. The summed E-state index contributed by atoms with van der Waals surface area (Å²) in [6, 6.07) is 7.60. The van der Waals surface area contributed by atoms with E-state index < -0.39 is 0 Å². The van der Waals surface area contributed by atoms with Crippen molar-refractivity contribution in [1.29, 1.82) is 0 Å². The molecule has 4 heteroatoms. The zero-order valence-corrected chi connectivity index (χ0v) is 12.4. The van der Waals surface area contributed by atoms with Gasteiger partial charge in [-0.3, -0.25) is 4.79 Å². The highest BCUT2D eigenvalue weighted by Gasteiger charge is 2.17. The Balaban J connectivity index is 1.83. The minimum atomic E-state index is 0.189. The average molecular weight is 276 g/mol. The number of ether oxygens (including phenoxy) is 1. The lowest BCUT2D eigenvalue weighted by Crippen LogP contribution is -2.30. The molecule has 0 bridgehead atoms. The molecule has 1 amide bonds. The van der Waals surface area contributed by atoms with E-state index in [2.05, 4.69) is 5.32 Å². The number of carbonyl (C=O) groups is 1. The molecule has 1 aliphatic rings.